The van der Waals surface area contributed by atoms with Gasteiger partial charge in [-0.1, -0.05) is 60.8 Å². The molecule has 1 fully saturated rings. The van der Waals surface area contributed by atoms with Crippen molar-refractivity contribution in [2.24, 2.45) is 16.7 Å². The molecule has 0 heterocycles. The minimum Gasteiger partial charge on any atom is -0.435 e. The van der Waals surface area contributed by atoms with Crippen LogP contribution >= 0.6 is 0 Å². The molecule has 1 saturated carbocycles. The van der Waals surface area contributed by atoms with Gasteiger partial charge < -0.3 is 9.47 Å². The molecule has 0 N–H and O–H groups in total. The molecule has 3 nitrogen and oxygen atoms in total. The zero-order valence-corrected chi connectivity index (χ0v) is 16.4. The van der Waals surface area contributed by atoms with Gasteiger partial charge in [-0.25, -0.2) is 0 Å². The van der Waals surface area contributed by atoms with Gasteiger partial charge in [-0.05, 0) is 38.5 Å². The molecule has 0 aromatic heterocycles. The summed E-state index contributed by atoms with van der Waals surface area (Å²) < 4.78 is 12.1. The Morgan fingerprint density at radius 1 is 1.09 bits per heavy atom. The number of hydrogen-bond acceptors (Lipinski definition) is 3. The maximum absolute atomic E-state index is 12.8. The highest BCUT2D eigenvalue weighted by atomic mass is 16.7. The summed E-state index contributed by atoms with van der Waals surface area (Å²) in [4.78, 5) is 12.8. The largest absolute Gasteiger partial charge is 0.435 e. The second-order valence-electron chi connectivity index (χ2n) is 9.01. The highest BCUT2D eigenvalue weighted by Crippen LogP contribution is 2.35. The third-order valence-corrected chi connectivity index (χ3v) is 4.92. The fourth-order valence-corrected chi connectivity index (χ4v) is 3.30. The van der Waals surface area contributed by atoms with Crippen LogP contribution in [0.1, 0.15) is 93.4 Å². The van der Waals surface area contributed by atoms with Crippen LogP contribution in [0, 0.1) is 16.7 Å². The summed E-state index contributed by atoms with van der Waals surface area (Å²) in [6, 6.07) is 0. The van der Waals surface area contributed by atoms with Crippen molar-refractivity contribution in [3.8, 4) is 0 Å². The van der Waals surface area contributed by atoms with Gasteiger partial charge in [0, 0.05) is 5.41 Å². The molecule has 136 valence electrons. The van der Waals surface area contributed by atoms with E-state index in [1.807, 2.05) is 6.92 Å². The molecule has 1 aliphatic rings. The van der Waals surface area contributed by atoms with Crippen LogP contribution in [0.4, 0.5) is 0 Å². The first kappa shape index (κ1) is 20.5. The fraction of sp³-hybridized carbons (Fsp3) is 0.950. The van der Waals surface area contributed by atoms with Crippen molar-refractivity contribution in [3.05, 3.63) is 0 Å². The lowest BCUT2D eigenvalue weighted by Gasteiger charge is -2.37. The molecule has 1 rings (SSSR count). The summed E-state index contributed by atoms with van der Waals surface area (Å²) in [6.45, 7) is 14.6. The van der Waals surface area contributed by atoms with Crippen LogP contribution in [0.25, 0.3) is 0 Å². The number of hydrogen-bond donors (Lipinski definition) is 0. The Balaban J connectivity index is 2.77. The molecule has 0 radical (unpaired) electrons. The van der Waals surface area contributed by atoms with Gasteiger partial charge in [0.05, 0.1) is 11.5 Å². The van der Waals surface area contributed by atoms with E-state index in [4.69, 9.17) is 9.47 Å². The van der Waals surface area contributed by atoms with E-state index < -0.39 is 11.7 Å². The van der Waals surface area contributed by atoms with Gasteiger partial charge in [0.1, 0.15) is 0 Å². The maximum Gasteiger partial charge on any atom is 0.314 e. The molecule has 0 bridgehead atoms. The lowest BCUT2D eigenvalue weighted by molar-refractivity contribution is -0.229. The predicted molar refractivity (Wildman–Crippen MR) is 95.1 cm³/mol. The van der Waals surface area contributed by atoms with E-state index in [0.717, 1.165) is 25.7 Å². The van der Waals surface area contributed by atoms with Crippen molar-refractivity contribution in [1.82, 2.24) is 0 Å². The molecule has 0 spiro atoms. The second kappa shape index (κ2) is 8.50. The Morgan fingerprint density at radius 2 is 1.65 bits per heavy atom. The van der Waals surface area contributed by atoms with E-state index in [1.54, 1.807) is 0 Å². The Morgan fingerprint density at radius 3 is 2.09 bits per heavy atom. The molecule has 0 amide bonds. The van der Waals surface area contributed by atoms with Crippen molar-refractivity contribution in [1.29, 1.82) is 0 Å². The van der Waals surface area contributed by atoms with Crippen molar-refractivity contribution >= 4 is 5.97 Å². The fourth-order valence-electron chi connectivity index (χ4n) is 3.30. The summed E-state index contributed by atoms with van der Waals surface area (Å²) >= 11 is 0. The molecular formula is C20H38O3. The molecular weight excluding hydrogens is 288 g/mol. The smallest absolute Gasteiger partial charge is 0.314 e. The molecule has 23 heavy (non-hydrogen) atoms. The number of ether oxygens (including phenoxy) is 2. The van der Waals surface area contributed by atoms with Gasteiger partial charge >= 0.3 is 5.97 Å². The van der Waals surface area contributed by atoms with Crippen LogP contribution < -0.4 is 0 Å². The minimum atomic E-state index is -0.462. The Labute approximate surface area is 143 Å². The van der Waals surface area contributed by atoms with Crippen LogP contribution in [0.2, 0.25) is 0 Å². The predicted octanol–water partition coefficient (Wildman–Crippen LogP) is 5.71. The second-order valence-corrected chi connectivity index (χ2v) is 9.01. The number of esters is 1. The van der Waals surface area contributed by atoms with E-state index in [0.29, 0.717) is 5.92 Å². The standard InChI is InChI=1S/C20H38O3/c1-8-20(7,14-15(2)3)17(21)23-18(19(4,5)6)22-16-12-10-9-11-13-16/h15-16,18H,8-14H2,1-7H3. The summed E-state index contributed by atoms with van der Waals surface area (Å²) in [6.07, 6.45) is 7.32. The number of rotatable bonds is 7. The van der Waals surface area contributed by atoms with Gasteiger partial charge in [-0.3, -0.25) is 4.79 Å². The average molecular weight is 327 g/mol. The van der Waals surface area contributed by atoms with Crippen molar-refractivity contribution < 1.29 is 14.3 Å². The van der Waals surface area contributed by atoms with E-state index >= 15 is 0 Å². The normalized spacial score (nSPS) is 21.0. The Kier molecular flexibility index (Phi) is 7.57. The molecule has 0 saturated heterocycles. The van der Waals surface area contributed by atoms with Gasteiger partial charge in [-0.2, -0.15) is 0 Å². The van der Waals surface area contributed by atoms with E-state index in [2.05, 4.69) is 41.5 Å². The zero-order chi connectivity index (χ0) is 17.7. The van der Waals surface area contributed by atoms with E-state index in [-0.39, 0.29) is 17.5 Å². The SMILES string of the molecule is CCC(C)(CC(C)C)C(=O)OC(OC1CCCCC1)C(C)(C)C. The summed E-state index contributed by atoms with van der Waals surface area (Å²) in [5.74, 6) is 0.365. The lowest BCUT2D eigenvalue weighted by Crippen LogP contribution is -2.42. The Bertz CT molecular complexity index is 364. The highest BCUT2D eigenvalue weighted by molar-refractivity contribution is 5.76. The van der Waals surface area contributed by atoms with Crippen LogP contribution in [0.15, 0.2) is 0 Å². The van der Waals surface area contributed by atoms with E-state index in [9.17, 15) is 4.79 Å². The van der Waals surface area contributed by atoms with Gasteiger partial charge in [0.25, 0.3) is 0 Å². The third kappa shape index (κ3) is 6.45. The third-order valence-electron chi connectivity index (χ3n) is 4.92. The zero-order valence-electron chi connectivity index (χ0n) is 16.4. The Hall–Kier alpha value is -0.570. The molecule has 2 unspecified atom stereocenters. The van der Waals surface area contributed by atoms with Crippen molar-refractivity contribution in [2.45, 2.75) is 106 Å². The lowest BCUT2D eigenvalue weighted by atomic mass is 9.79. The van der Waals surface area contributed by atoms with Gasteiger partial charge in [-0.15, -0.1) is 0 Å². The highest BCUT2D eigenvalue weighted by Gasteiger charge is 2.39. The van der Waals surface area contributed by atoms with Crippen LogP contribution in [0.3, 0.4) is 0 Å². The molecule has 0 aromatic rings. The molecule has 2 atom stereocenters. The summed E-state index contributed by atoms with van der Waals surface area (Å²) in [5.41, 5.74) is -0.632. The first-order chi connectivity index (χ1) is 10.6. The van der Waals surface area contributed by atoms with Crippen LogP contribution in [-0.4, -0.2) is 18.4 Å². The van der Waals surface area contributed by atoms with Gasteiger partial charge in [0.15, 0.2) is 0 Å². The quantitative estimate of drug-likeness (QED) is 0.444. The topological polar surface area (TPSA) is 35.5 Å². The number of carbonyl (C=O) groups is 1. The van der Waals surface area contributed by atoms with Crippen LogP contribution in [-0.2, 0) is 14.3 Å². The van der Waals surface area contributed by atoms with E-state index in [1.165, 1.54) is 19.3 Å². The summed E-state index contributed by atoms with van der Waals surface area (Å²) in [7, 11) is 0. The maximum atomic E-state index is 12.8. The van der Waals surface area contributed by atoms with Crippen LogP contribution in [0.5, 0.6) is 0 Å². The average Bonchev–Trinajstić information content (AvgIpc) is 2.45. The molecule has 3 heteroatoms. The minimum absolute atomic E-state index is 0.107. The monoisotopic (exact) mass is 326 g/mol. The van der Waals surface area contributed by atoms with Crippen molar-refractivity contribution in [2.75, 3.05) is 0 Å². The number of carbonyl (C=O) groups excluding carboxylic acids is 1. The van der Waals surface area contributed by atoms with Gasteiger partial charge in [0.2, 0.25) is 6.29 Å². The first-order valence-electron chi connectivity index (χ1n) is 9.45. The van der Waals surface area contributed by atoms with Crippen molar-refractivity contribution in [3.63, 3.8) is 0 Å². The first-order valence-corrected chi connectivity index (χ1v) is 9.45. The molecule has 0 aromatic carbocycles. The summed E-state index contributed by atoms with van der Waals surface area (Å²) in [5, 5.41) is 0. The molecule has 1 aliphatic carbocycles. The molecule has 0 aliphatic heterocycles.